The molecule has 2 aromatic rings. The third-order valence-corrected chi connectivity index (χ3v) is 6.10. The number of carbonyl (C=O) groups excluding carboxylic acids is 1. The third-order valence-electron chi connectivity index (χ3n) is 4.58. The molecule has 28 heavy (non-hydrogen) atoms. The van der Waals surface area contributed by atoms with Crippen LogP contribution in [0, 0.1) is 6.92 Å². The van der Waals surface area contributed by atoms with E-state index in [4.69, 9.17) is 9.47 Å². The van der Waals surface area contributed by atoms with Crippen molar-refractivity contribution in [2.75, 3.05) is 25.2 Å². The number of rotatable bonds is 7. The average Bonchev–Trinajstić information content (AvgIpc) is 3.02. The number of anilines is 1. The van der Waals surface area contributed by atoms with Crippen LogP contribution in [-0.4, -0.2) is 40.6 Å². The molecule has 0 aliphatic carbocycles. The highest BCUT2D eigenvalue weighted by Gasteiger charge is 2.33. The van der Waals surface area contributed by atoms with Crippen LogP contribution in [0.25, 0.3) is 0 Å². The molecule has 2 aromatic carbocycles. The van der Waals surface area contributed by atoms with Crippen molar-refractivity contribution in [3.05, 3.63) is 48.0 Å². The van der Waals surface area contributed by atoms with Crippen LogP contribution in [0.2, 0.25) is 0 Å². The van der Waals surface area contributed by atoms with E-state index in [1.165, 1.54) is 13.2 Å². The predicted octanol–water partition coefficient (Wildman–Crippen LogP) is 2.49. The van der Waals surface area contributed by atoms with Crippen molar-refractivity contribution < 1.29 is 22.7 Å². The maximum absolute atomic E-state index is 12.7. The van der Waals surface area contributed by atoms with Gasteiger partial charge in [0.2, 0.25) is 15.9 Å². The number of sulfonamides is 1. The lowest BCUT2D eigenvalue weighted by atomic mass is 10.2. The van der Waals surface area contributed by atoms with E-state index in [1.54, 1.807) is 48.2 Å². The van der Waals surface area contributed by atoms with E-state index >= 15 is 0 Å². The van der Waals surface area contributed by atoms with Gasteiger partial charge in [-0.3, -0.25) is 4.79 Å². The molecule has 1 fully saturated rings. The van der Waals surface area contributed by atoms with Crippen LogP contribution in [0.1, 0.15) is 18.9 Å². The molecule has 1 atom stereocenters. The minimum absolute atomic E-state index is 0.113. The van der Waals surface area contributed by atoms with Gasteiger partial charge in [-0.05, 0) is 61.9 Å². The molecule has 1 aliphatic heterocycles. The van der Waals surface area contributed by atoms with Crippen LogP contribution in [0.5, 0.6) is 11.5 Å². The molecule has 0 saturated carbocycles. The Morgan fingerprint density at radius 2 is 1.89 bits per heavy atom. The number of amides is 1. The van der Waals surface area contributed by atoms with Gasteiger partial charge in [0, 0.05) is 24.7 Å². The highest BCUT2D eigenvalue weighted by Crippen LogP contribution is 2.26. The second kappa shape index (κ2) is 8.20. The summed E-state index contributed by atoms with van der Waals surface area (Å²) in [6.45, 7) is 4.53. The van der Waals surface area contributed by atoms with Gasteiger partial charge < -0.3 is 14.4 Å². The molecule has 1 saturated heterocycles. The van der Waals surface area contributed by atoms with Gasteiger partial charge in [0.05, 0.1) is 18.6 Å². The molecule has 150 valence electrons. The van der Waals surface area contributed by atoms with Gasteiger partial charge in [-0.15, -0.1) is 0 Å². The Hall–Kier alpha value is -2.58. The number of methoxy groups -OCH3 is 1. The molecule has 1 N–H and O–H groups in total. The molecule has 0 bridgehead atoms. The first-order chi connectivity index (χ1) is 13.3. The van der Waals surface area contributed by atoms with Crippen LogP contribution in [0.15, 0.2) is 47.4 Å². The van der Waals surface area contributed by atoms with Crippen molar-refractivity contribution in [1.29, 1.82) is 0 Å². The van der Waals surface area contributed by atoms with Gasteiger partial charge in [-0.25, -0.2) is 13.1 Å². The van der Waals surface area contributed by atoms with Crippen LogP contribution in [0.3, 0.4) is 0 Å². The molecule has 1 heterocycles. The Morgan fingerprint density at radius 1 is 1.18 bits per heavy atom. The number of benzene rings is 2. The minimum atomic E-state index is -3.74. The summed E-state index contributed by atoms with van der Waals surface area (Å²) in [5.74, 6) is 1.23. The quantitative estimate of drug-likeness (QED) is 0.766. The van der Waals surface area contributed by atoms with Crippen molar-refractivity contribution in [3.8, 4) is 11.5 Å². The fourth-order valence-corrected chi connectivity index (χ4v) is 4.54. The zero-order valence-electron chi connectivity index (χ0n) is 16.1. The first-order valence-corrected chi connectivity index (χ1v) is 10.5. The summed E-state index contributed by atoms with van der Waals surface area (Å²) in [5, 5.41) is 0. The number of aryl methyl sites for hydroxylation is 1. The molecule has 7 nitrogen and oxygen atoms in total. The topological polar surface area (TPSA) is 84.9 Å². The lowest BCUT2D eigenvalue weighted by Gasteiger charge is -2.18. The van der Waals surface area contributed by atoms with Gasteiger partial charge in [-0.2, -0.15) is 0 Å². The normalized spacial score (nSPS) is 17.0. The summed E-state index contributed by atoms with van der Waals surface area (Å²) in [6, 6.07) is 11.4. The molecule has 8 heteroatoms. The lowest BCUT2D eigenvalue weighted by molar-refractivity contribution is -0.117. The van der Waals surface area contributed by atoms with Gasteiger partial charge in [0.25, 0.3) is 0 Å². The monoisotopic (exact) mass is 404 g/mol. The third kappa shape index (κ3) is 4.28. The van der Waals surface area contributed by atoms with Crippen LogP contribution >= 0.6 is 0 Å². The van der Waals surface area contributed by atoms with E-state index in [-0.39, 0.29) is 23.8 Å². The maximum atomic E-state index is 12.7. The summed E-state index contributed by atoms with van der Waals surface area (Å²) in [7, 11) is -2.20. The zero-order chi connectivity index (χ0) is 20.3. The molecular formula is C20H24N2O5S. The van der Waals surface area contributed by atoms with E-state index in [0.717, 1.165) is 17.0 Å². The van der Waals surface area contributed by atoms with Gasteiger partial charge in [0.15, 0.2) is 0 Å². The summed E-state index contributed by atoms with van der Waals surface area (Å²) < 4.78 is 38.6. The molecule has 1 amide bonds. The highest BCUT2D eigenvalue weighted by molar-refractivity contribution is 7.89. The first kappa shape index (κ1) is 20.2. The fraction of sp³-hybridized carbons (Fsp3) is 0.350. The van der Waals surface area contributed by atoms with E-state index in [1.807, 2.05) is 6.92 Å². The van der Waals surface area contributed by atoms with Crippen LogP contribution in [0.4, 0.5) is 5.69 Å². The van der Waals surface area contributed by atoms with Crippen molar-refractivity contribution in [1.82, 2.24) is 4.72 Å². The number of hydrogen-bond acceptors (Lipinski definition) is 5. The molecule has 1 unspecified atom stereocenters. The maximum Gasteiger partial charge on any atom is 0.240 e. The summed E-state index contributed by atoms with van der Waals surface area (Å²) in [4.78, 5) is 14.1. The van der Waals surface area contributed by atoms with Gasteiger partial charge in [0.1, 0.15) is 11.5 Å². The summed E-state index contributed by atoms with van der Waals surface area (Å²) in [6.07, 6.45) is 0.113. The Labute approximate surface area is 165 Å². The lowest BCUT2D eigenvalue weighted by Crippen LogP contribution is -2.37. The largest absolute Gasteiger partial charge is 0.496 e. The number of hydrogen-bond donors (Lipinski definition) is 1. The molecule has 1 aliphatic rings. The van der Waals surface area contributed by atoms with Crippen molar-refractivity contribution in [2.45, 2.75) is 31.2 Å². The number of ether oxygens (including phenoxy) is 2. The molecule has 0 aromatic heterocycles. The second-order valence-corrected chi connectivity index (χ2v) is 8.30. The van der Waals surface area contributed by atoms with Crippen LogP contribution < -0.4 is 19.1 Å². The standard InChI is InChI=1S/C20H24N2O5S/c1-4-27-17-7-5-16(6-8-17)22-13-15(12-20(22)23)21-28(24,25)18-9-10-19(26-3)14(2)11-18/h5-11,15,21H,4,12-13H2,1-3H3. The first-order valence-electron chi connectivity index (χ1n) is 9.04. The number of nitrogens with one attached hydrogen (secondary N) is 1. The van der Waals surface area contributed by atoms with E-state index in [9.17, 15) is 13.2 Å². The zero-order valence-corrected chi connectivity index (χ0v) is 17.0. The predicted molar refractivity (Wildman–Crippen MR) is 106 cm³/mol. The van der Waals surface area contributed by atoms with E-state index in [2.05, 4.69) is 4.72 Å². The summed E-state index contributed by atoms with van der Waals surface area (Å²) >= 11 is 0. The number of carbonyl (C=O) groups is 1. The smallest absolute Gasteiger partial charge is 0.240 e. The van der Waals surface area contributed by atoms with Gasteiger partial charge in [-0.1, -0.05) is 0 Å². The van der Waals surface area contributed by atoms with E-state index < -0.39 is 16.1 Å². The van der Waals surface area contributed by atoms with Gasteiger partial charge >= 0.3 is 0 Å². The Morgan fingerprint density at radius 3 is 2.50 bits per heavy atom. The minimum Gasteiger partial charge on any atom is -0.496 e. The molecular weight excluding hydrogens is 380 g/mol. The van der Waals surface area contributed by atoms with E-state index in [0.29, 0.717) is 12.4 Å². The average molecular weight is 404 g/mol. The fourth-order valence-electron chi connectivity index (χ4n) is 3.23. The molecule has 0 radical (unpaired) electrons. The van der Waals surface area contributed by atoms with Crippen LogP contribution in [-0.2, 0) is 14.8 Å². The van der Waals surface area contributed by atoms with Crippen molar-refractivity contribution in [2.24, 2.45) is 0 Å². The van der Waals surface area contributed by atoms with Crippen molar-refractivity contribution in [3.63, 3.8) is 0 Å². The Bertz CT molecular complexity index is 957. The Kier molecular flexibility index (Phi) is 5.90. The Balaban J connectivity index is 1.71. The highest BCUT2D eigenvalue weighted by atomic mass is 32.2. The number of nitrogens with zero attached hydrogens (tertiary/aromatic N) is 1. The molecule has 3 rings (SSSR count). The SMILES string of the molecule is CCOc1ccc(N2CC(NS(=O)(=O)c3ccc(OC)c(C)c3)CC2=O)cc1. The second-order valence-electron chi connectivity index (χ2n) is 6.59. The van der Waals surface area contributed by atoms with Crippen molar-refractivity contribution >= 4 is 21.6 Å². The molecule has 0 spiro atoms. The summed E-state index contributed by atoms with van der Waals surface area (Å²) in [5.41, 5.74) is 1.44.